The number of anilines is 1. The van der Waals surface area contributed by atoms with Crippen LogP contribution in [0.5, 0.6) is 0 Å². The standard InChI is InChI=1S/C16H13NOS/c18-15-16(11-5-1-3-7-13(11)17-15)9-10-19-14-8-4-2-6-12(14)16/h1-8H,9-10H2,(H,17,18). The summed E-state index contributed by atoms with van der Waals surface area (Å²) in [5.41, 5.74) is 2.79. The van der Waals surface area contributed by atoms with Gasteiger partial charge in [-0.3, -0.25) is 4.79 Å². The van der Waals surface area contributed by atoms with Gasteiger partial charge in [-0.25, -0.2) is 0 Å². The fourth-order valence-electron chi connectivity index (χ4n) is 3.23. The zero-order valence-corrected chi connectivity index (χ0v) is 11.2. The molecule has 94 valence electrons. The lowest BCUT2D eigenvalue weighted by Crippen LogP contribution is -2.38. The summed E-state index contributed by atoms with van der Waals surface area (Å²) in [5, 5.41) is 3.05. The third-order valence-electron chi connectivity index (χ3n) is 4.10. The van der Waals surface area contributed by atoms with E-state index in [4.69, 9.17) is 0 Å². The molecule has 4 rings (SSSR count). The van der Waals surface area contributed by atoms with Crippen LogP contribution in [0.25, 0.3) is 0 Å². The monoisotopic (exact) mass is 267 g/mol. The highest BCUT2D eigenvalue weighted by Crippen LogP contribution is 2.51. The second kappa shape index (κ2) is 3.87. The smallest absolute Gasteiger partial charge is 0.239 e. The third kappa shape index (κ3) is 1.36. The molecule has 2 aromatic carbocycles. The molecule has 0 saturated carbocycles. The number of benzene rings is 2. The Balaban J connectivity index is 2.04. The second-order valence-corrected chi connectivity index (χ2v) is 6.14. The molecule has 0 fully saturated rings. The van der Waals surface area contributed by atoms with Crippen molar-refractivity contribution in [2.75, 3.05) is 11.1 Å². The van der Waals surface area contributed by atoms with E-state index >= 15 is 0 Å². The number of rotatable bonds is 0. The Bertz CT molecular complexity index is 682. The number of carbonyl (C=O) groups excluding carboxylic acids is 1. The van der Waals surface area contributed by atoms with E-state index in [1.807, 2.05) is 42.1 Å². The lowest BCUT2D eigenvalue weighted by atomic mass is 9.73. The van der Waals surface area contributed by atoms with Gasteiger partial charge in [0.25, 0.3) is 0 Å². The van der Waals surface area contributed by atoms with Crippen LogP contribution in [0.3, 0.4) is 0 Å². The molecule has 19 heavy (non-hydrogen) atoms. The molecule has 0 aromatic heterocycles. The maximum absolute atomic E-state index is 12.7. The van der Waals surface area contributed by atoms with E-state index in [-0.39, 0.29) is 5.91 Å². The highest BCUT2D eigenvalue weighted by molar-refractivity contribution is 7.99. The third-order valence-corrected chi connectivity index (χ3v) is 5.18. The van der Waals surface area contributed by atoms with E-state index in [1.165, 1.54) is 4.90 Å². The van der Waals surface area contributed by atoms with Crippen LogP contribution in [0.4, 0.5) is 5.69 Å². The van der Waals surface area contributed by atoms with Crippen molar-refractivity contribution in [2.24, 2.45) is 0 Å². The highest BCUT2D eigenvalue weighted by Gasteiger charge is 2.50. The minimum Gasteiger partial charge on any atom is -0.325 e. The molecule has 1 atom stereocenters. The lowest BCUT2D eigenvalue weighted by Gasteiger charge is -2.33. The second-order valence-electron chi connectivity index (χ2n) is 5.00. The molecule has 1 unspecified atom stereocenters. The molecule has 0 bridgehead atoms. The molecule has 1 amide bonds. The van der Waals surface area contributed by atoms with Crippen molar-refractivity contribution < 1.29 is 4.79 Å². The number of para-hydroxylation sites is 1. The van der Waals surface area contributed by atoms with Crippen molar-refractivity contribution in [1.29, 1.82) is 0 Å². The fourth-order valence-corrected chi connectivity index (χ4v) is 4.43. The first kappa shape index (κ1) is 11.1. The number of thioether (sulfide) groups is 1. The van der Waals surface area contributed by atoms with Crippen LogP contribution in [0.15, 0.2) is 53.4 Å². The predicted octanol–water partition coefficient (Wildman–Crippen LogP) is 3.42. The maximum Gasteiger partial charge on any atom is 0.239 e. The molecule has 2 aliphatic rings. The van der Waals surface area contributed by atoms with E-state index in [0.717, 1.165) is 29.0 Å². The van der Waals surface area contributed by atoms with Crippen LogP contribution in [-0.4, -0.2) is 11.7 Å². The Hall–Kier alpha value is -1.74. The van der Waals surface area contributed by atoms with Crippen LogP contribution < -0.4 is 5.32 Å². The fraction of sp³-hybridized carbons (Fsp3) is 0.188. The van der Waals surface area contributed by atoms with Gasteiger partial charge in [0.2, 0.25) is 5.91 Å². The Morgan fingerprint density at radius 1 is 1.00 bits per heavy atom. The van der Waals surface area contributed by atoms with Crippen molar-refractivity contribution >= 4 is 23.4 Å². The Morgan fingerprint density at radius 2 is 1.74 bits per heavy atom. The molecular weight excluding hydrogens is 254 g/mol. The van der Waals surface area contributed by atoms with Gasteiger partial charge in [-0.05, 0) is 35.4 Å². The number of carbonyl (C=O) groups is 1. The molecule has 1 N–H and O–H groups in total. The predicted molar refractivity (Wildman–Crippen MR) is 77.6 cm³/mol. The maximum atomic E-state index is 12.7. The molecule has 0 aliphatic carbocycles. The van der Waals surface area contributed by atoms with Crippen molar-refractivity contribution in [3.63, 3.8) is 0 Å². The van der Waals surface area contributed by atoms with Gasteiger partial charge in [0.15, 0.2) is 0 Å². The quantitative estimate of drug-likeness (QED) is 0.792. The van der Waals surface area contributed by atoms with Gasteiger partial charge in [0.1, 0.15) is 5.41 Å². The van der Waals surface area contributed by atoms with Crippen LogP contribution in [0.2, 0.25) is 0 Å². The molecule has 0 saturated heterocycles. The first-order chi connectivity index (χ1) is 9.32. The van der Waals surface area contributed by atoms with Gasteiger partial charge < -0.3 is 5.32 Å². The number of amides is 1. The van der Waals surface area contributed by atoms with Gasteiger partial charge in [-0.15, -0.1) is 11.8 Å². The summed E-state index contributed by atoms with van der Waals surface area (Å²) in [6.07, 6.45) is 0.873. The summed E-state index contributed by atoms with van der Waals surface area (Å²) in [7, 11) is 0. The van der Waals surface area contributed by atoms with Gasteiger partial charge in [0, 0.05) is 10.6 Å². The zero-order chi connectivity index (χ0) is 12.9. The summed E-state index contributed by atoms with van der Waals surface area (Å²) < 4.78 is 0. The van der Waals surface area contributed by atoms with Crippen LogP contribution in [-0.2, 0) is 10.2 Å². The van der Waals surface area contributed by atoms with Crippen LogP contribution >= 0.6 is 11.8 Å². The van der Waals surface area contributed by atoms with E-state index in [0.29, 0.717) is 0 Å². The molecule has 2 heterocycles. The summed E-state index contributed by atoms with van der Waals surface area (Å²) in [4.78, 5) is 13.9. The van der Waals surface area contributed by atoms with E-state index in [2.05, 4.69) is 23.5 Å². The number of hydrogen-bond donors (Lipinski definition) is 1. The topological polar surface area (TPSA) is 29.1 Å². The van der Waals surface area contributed by atoms with Gasteiger partial charge in [-0.1, -0.05) is 36.4 Å². The Labute approximate surface area is 116 Å². The molecule has 2 aliphatic heterocycles. The summed E-state index contributed by atoms with van der Waals surface area (Å²) in [5.74, 6) is 1.11. The van der Waals surface area contributed by atoms with E-state index in [1.54, 1.807) is 0 Å². The molecule has 2 aromatic rings. The molecule has 1 spiro atoms. The lowest BCUT2D eigenvalue weighted by molar-refractivity contribution is -0.119. The van der Waals surface area contributed by atoms with Crippen molar-refractivity contribution in [3.8, 4) is 0 Å². The van der Waals surface area contributed by atoms with Gasteiger partial charge in [0.05, 0.1) is 0 Å². The summed E-state index contributed by atoms with van der Waals surface area (Å²) in [6.45, 7) is 0. The minimum absolute atomic E-state index is 0.126. The van der Waals surface area contributed by atoms with Gasteiger partial charge >= 0.3 is 0 Å². The molecule has 2 nitrogen and oxygen atoms in total. The number of hydrogen-bond acceptors (Lipinski definition) is 2. The zero-order valence-electron chi connectivity index (χ0n) is 10.3. The number of fused-ring (bicyclic) bond motifs is 4. The normalized spacial score (nSPS) is 23.9. The average Bonchev–Trinajstić information content (AvgIpc) is 2.73. The minimum atomic E-state index is -0.474. The molecular formula is C16H13NOS. The van der Waals surface area contributed by atoms with E-state index < -0.39 is 5.41 Å². The van der Waals surface area contributed by atoms with Crippen molar-refractivity contribution in [3.05, 3.63) is 59.7 Å². The first-order valence-corrected chi connectivity index (χ1v) is 7.44. The SMILES string of the molecule is O=C1Nc2ccccc2C12CCSc1ccccc12. The largest absolute Gasteiger partial charge is 0.325 e. The molecule has 3 heteroatoms. The van der Waals surface area contributed by atoms with E-state index in [9.17, 15) is 4.79 Å². The summed E-state index contributed by atoms with van der Waals surface area (Å²) in [6, 6.07) is 16.4. The highest BCUT2D eigenvalue weighted by atomic mass is 32.2. The van der Waals surface area contributed by atoms with Crippen molar-refractivity contribution in [2.45, 2.75) is 16.7 Å². The van der Waals surface area contributed by atoms with Crippen LogP contribution in [0, 0.1) is 0 Å². The first-order valence-electron chi connectivity index (χ1n) is 6.46. The Morgan fingerprint density at radius 3 is 2.63 bits per heavy atom. The van der Waals surface area contributed by atoms with Crippen LogP contribution in [0.1, 0.15) is 17.5 Å². The van der Waals surface area contributed by atoms with Gasteiger partial charge in [-0.2, -0.15) is 0 Å². The Kier molecular flexibility index (Phi) is 2.27. The molecule has 0 radical (unpaired) electrons. The average molecular weight is 267 g/mol. The van der Waals surface area contributed by atoms with Crippen molar-refractivity contribution in [1.82, 2.24) is 0 Å². The number of nitrogens with one attached hydrogen (secondary N) is 1. The summed E-state index contributed by atoms with van der Waals surface area (Å²) >= 11 is 1.85.